The monoisotopic (exact) mass is 394 g/mol. The van der Waals surface area contributed by atoms with Crippen molar-refractivity contribution in [1.29, 1.82) is 0 Å². The number of ether oxygens (including phenoxy) is 2. The van der Waals surface area contributed by atoms with Gasteiger partial charge in [-0.25, -0.2) is 0 Å². The summed E-state index contributed by atoms with van der Waals surface area (Å²) in [4.78, 5) is 2.39. The minimum atomic E-state index is 0. The van der Waals surface area contributed by atoms with Crippen LogP contribution in [-0.2, 0) is 6.54 Å². The molecule has 2 heterocycles. The van der Waals surface area contributed by atoms with Crippen molar-refractivity contribution >= 4 is 24.0 Å². The quantitative estimate of drug-likeness (QED) is 0.858. The minimum Gasteiger partial charge on any atom is -0.489 e. The highest BCUT2D eigenvalue weighted by Gasteiger charge is 2.31. The molecule has 1 fully saturated rings. The van der Waals surface area contributed by atoms with E-state index in [2.05, 4.69) is 29.2 Å². The van der Waals surface area contributed by atoms with Crippen LogP contribution in [0.15, 0.2) is 42.5 Å². The van der Waals surface area contributed by atoms with Gasteiger partial charge < -0.3 is 15.2 Å². The Morgan fingerprint density at radius 3 is 2.65 bits per heavy atom. The van der Waals surface area contributed by atoms with Gasteiger partial charge >= 0.3 is 0 Å². The summed E-state index contributed by atoms with van der Waals surface area (Å²) in [6, 6.07) is 14.7. The Bertz CT molecular complexity index is 742. The first-order chi connectivity index (χ1) is 12.2. The number of rotatable bonds is 3. The standard InChI is InChI=1S/C20H23ClN2O2.ClH/c21-17-9-14(10-19-20(17)25-8-4-7-24-19)11-23-12-16(18(22)13-23)15-5-2-1-3-6-15;/h1-3,5-6,9-10,16,18H,4,7-8,11-13,22H2;1H/t16-,18+;/m0./s1. The van der Waals surface area contributed by atoms with Gasteiger partial charge in [0.1, 0.15) is 0 Å². The molecule has 6 heteroatoms. The van der Waals surface area contributed by atoms with Crippen molar-refractivity contribution in [3.63, 3.8) is 0 Å². The van der Waals surface area contributed by atoms with Crippen LogP contribution in [0.4, 0.5) is 0 Å². The van der Waals surface area contributed by atoms with Crippen molar-refractivity contribution in [1.82, 2.24) is 4.90 Å². The van der Waals surface area contributed by atoms with E-state index in [-0.39, 0.29) is 18.4 Å². The van der Waals surface area contributed by atoms with Crippen LogP contribution in [0.1, 0.15) is 23.5 Å². The molecular formula is C20H24Cl2N2O2. The third kappa shape index (κ3) is 4.09. The van der Waals surface area contributed by atoms with Gasteiger partial charge in [-0.15, -0.1) is 12.4 Å². The lowest BCUT2D eigenvalue weighted by Crippen LogP contribution is -2.28. The van der Waals surface area contributed by atoms with E-state index in [1.165, 1.54) is 5.56 Å². The average molecular weight is 395 g/mol. The highest BCUT2D eigenvalue weighted by Crippen LogP contribution is 2.38. The molecule has 2 N–H and O–H groups in total. The van der Waals surface area contributed by atoms with Gasteiger partial charge in [-0.1, -0.05) is 41.9 Å². The molecule has 26 heavy (non-hydrogen) atoms. The van der Waals surface area contributed by atoms with E-state index >= 15 is 0 Å². The molecule has 2 aliphatic rings. The molecule has 2 aliphatic heterocycles. The van der Waals surface area contributed by atoms with Crippen LogP contribution in [0.5, 0.6) is 11.5 Å². The summed E-state index contributed by atoms with van der Waals surface area (Å²) < 4.78 is 11.5. The van der Waals surface area contributed by atoms with Gasteiger partial charge in [0.2, 0.25) is 0 Å². The summed E-state index contributed by atoms with van der Waals surface area (Å²) in [5, 5.41) is 0.623. The Balaban J connectivity index is 0.00000196. The molecule has 140 valence electrons. The first-order valence-corrected chi connectivity index (χ1v) is 9.19. The number of hydrogen-bond donors (Lipinski definition) is 1. The smallest absolute Gasteiger partial charge is 0.179 e. The maximum atomic E-state index is 6.41. The van der Waals surface area contributed by atoms with Crippen LogP contribution < -0.4 is 15.2 Å². The van der Waals surface area contributed by atoms with Gasteiger partial charge in [0.05, 0.1) is 18.2 Å². The molecular weight excluding hydrogens is 371 g/mol. The Morgan fingerprint density at radius 2 is 1.85 bits per heavy atom. The van der Waals surface area contributed by atoms with E-state index in [1.54, 1.807) is 0 Å². The van der Waals surface area contributed by atoms with Crippen molar-refractivity contribution in [2.24, 2.45) is 5.73 Å². The number of nitrogens with zero attached hydrogens (tertiary/aromatic N) is 1. The minimum absolute atomic E-state index is 0. The largest absolute Gasteiger partial charge is 0.489 e. The fourth-order valence-corrected chi connectivity index (χ4v) is 4.02. The van der Waals surface area contributed by atoms with Gasteiger partial charge in [-0.2, -0.15) is 0 Å². The number of fused-ring (bicyclic) bond motifs is 1. The van der Waals surface area contributed by atoms with Gasteiger partial charge in [0.25, 0.3) is 0 Å². The summed E-state index contributed by atoms with van der Waals surface area (Å²) in [5.41, 5.74) is 8.85. The van der Waals surface area contributed by atoms with Crippen LogP contribution in [-0.4, -0.2) is 37.2 Å². The number of likely N-dealkylation sites (tertiary alicyclic amines) is 1. The topological polar surface area (TPSA) is 47.7 Å². The van der Waals surface area contributed by atoms with Crippen molar-refractivity contribution in [3.8, 4) is 11.5 Å². The maximum Gasteiger partial charge on any atom is 0.179 e. The lowest BCUT2D eigenvalue weighted by atomic mass is 9.95. The molecule has 0 spiro atoms. The summed E-state index contributed by atoms with van der Waals surface area (Å²) in [7, 11) is 0. The molecule has 0 aliphatic carbocycles. The van der Waals surface area contributed by atoms with E-state index < -0.39 is 0 Å². The SMILES string of the molecule is Cl.N[C@@H]1CN(Cc2cc(Cl)c3c(c2)OCCCO3)C[C@H]1c1ccccc1. The van der Waals surface area contributed by atoms with Crippen LogP contribution >= 0.6 is 24.0 Å². The van der Waals surface area contributed by atoms with Gasteiger partial charge in [0.15, 0.2) is 11.5 Å². The third-order valence-electron chi connectivity index (χ3n) is 4.94. The van der Waals surface area contributed by atoms with Crippen LogP contribution in [0.3, 0.4) is 0 Å². The maximum absolute atomic E-state index is 6.41. The molecule has 0 aromatic heterocycles. The highest BCUT2D eigenvalue weighted by atomic mass is 35.5. The second kappa shape index (κ2) is 8.49. The molecule has 0 saturated carbocycles. The molecule has 2 aromatic rings. The zero-order chi connectivity index (χ0) is 17.2. The lowest BCUT2D eigenvalue weighted by Gasteiger charge is -2.18. The van der Waals surface area contributed by atoms with Gasteiger partial charge in [-0.05, 0) is 23.3 Å². The summed E-state index contributed by atoms with van der Waals surface area (Å²) in [5.74, 6) is 1.79. The fourth-order valence-electron chi connectivity index (χ4n) is 3.73. The van der Waals surface area contributed by atoms with E-state index in [1.807, 2.05) is 18.2 Å². The normalized spacial score (nSPS) is 22.5. The number of benzene rings is 2. The van der Waals surface area contributed by atoms with E-state index in [9.17, 15) is 0 Å². The Labute approximate surface area is 165 Å². The zero-order valence-corrected chi connectivity index (χ0v) is 16.1. The van der Waals surface area contributed by atoms with E-state index in [0.717, 1.165) is 37.4 Å². The van der Waals surface area contributed by atoms with Crippen LogP contribution in [0.2, 0.25) is 5.02 Å². The summed E-state index contributed by atoms with van der Waals surface area (Å²) in [6.45, 7) is 3.96. The van der Waals surface area contributed by atoms with Crippen LogP contribution in [0, 0.1) is 0 Å². The summed E-state index contributed by atoms with van der Waals surface area (Å²) in [6.07, 6.45) is 0.875. The molecule has 2 atom stereocenters. The van der Waals surface area contributed by atoms with Crippen LogP contribution in [0.25, 0.3) is 0 Å². The van der Waals surface area contributed by atoms with Gasteiger partial charge in [0, 0.05) is 38.0 Å². The molecule has 0 bridgehead atoms. The molecule has 4 nitrogen and oxygen atoms in total. The Kier molecular flexibility index (Phi) is 6.30. The second-order valence-electron chi connectivity index (χ2n) is 6.83. The molecule has 0 unspecified atom stereocenters. The number of nitrogens with two attached hydrogens (primary N) is 1. The van der Waals surface area contributed by atoms with E-state index in [0.29, 0.717) is 29.9 Å². The second-order valence-corrected chi connectivity index (χ2v) is 7.24. The molecule has 1 saturated heterocycles. The predicted molar refractivity (Wildman–Crippen MR) is 107 cm³/mol. The zero-order valence-electron chi connectivity index (χ0n) is 14.6. The van der Waals surface area contributed by atoms with Crippen molar-refractivity contribution in [2.75, 3.05) is 26.3 Å². The predicted octanol–water partition coefficient (Wildman–Crippen LogP) is 3.85. The molecule has 2 aromatic carbocycles. The van der Waals surface area contributed by atoms with Crippen molar-refractivity contribution in [2.45, 2.75) is 24.9 Å². The Morgan fingerprint density at radius 1 is 1.08 bits per heavy atom. The highest BCUT2D eigenvalue weighted by molar-refractivity contribution is 6.32. The van der Waals surface area contributed by atoms with Crippen molar-refractivity contribution < 1.29 is 9.47 Å². The van der Waals surface area contributed by atoms with Crippen molar-refractivity contribution in [3.05, 3.63) is 58.6 Å². The number of halogens is 2. The first kappa shape index (κ1) is 19.3. The number of hydrogen-bond acceptors (Lipinski definition) is 4. The van der Waals surface area contributed by atoms with E-state index in [4.69, 9.17) is 26.8 Å². The lowest BCUT2D eigenvalue weighted by molar-refractivity contribution is 0.296. The average Bonchev–Trinajstić information content (AvgIpc) is 2.81. The molecule has 4 rings (SSSR count). The molecule has 0 radical (unpaired) electrons. The van der Waals surface area contributed by atoms with Gasteiger partial charge in [-0.3, -0.25) is 4.90 Å². The summed E-state index contributed by atoms with van der Waals surface area (Å²) >= 11 is 6.41. The Hall–Kier alpha value is -1.46. The third-order valence-corrected chi connectivity index (χ3v) is 5.22. The molecule has 0 amide bonds. The fraction of sp³-hybridized carbons (Fsp3) is 0.400. The first-order valence-electron chi connectivity index (χ1n) is 8.81.